The van der Waals surface area contributed by atoms with E-state index in [0.29, 0.717) is 50.1 Å². The summed E-state index contributed by atoms with van der Waals surface area (Å²) in [4.78, 5) is 166. The molecule has 0 aliphatic rings. The summed E-state index contributed by atoms with van der Waals surface area (Å²) in [5.41, 5.74) is 0.286. The number of hydrogen-bond acceptors (Lipinski definition) is 25. The van der Waals surface area contributed by atoms with Crippen molar-refractivity contribution in [1.82, 2.24) is 0 Å². The highest BCUT2D eigenvalue weighted by Crippen LogP contribution is 2.43. The Morgan fingerprint density at radius 1 is 0.179 bits per heavy atom. The first-order valence-electron chi connectivity index (χ1n) is 39.6. The zero-order chi connectivity index (χ0) is 99.7. The van der Waals surface area contributed by atoms with Gasteiger partial charge in [-0.05, 0) is 299 Å². The second-order valence-electron chi connectivity index (χ2n) is 32.6. The maximum absolute atomic E-state index is 13.4. The van der Waals surface area contributed by atoms with Crippen molar-refractivity contribution >= 4 is 83.2 Å². The number of Topliss-reactive ketones (excluding diaryl/α,β-unsaturated/α-hetero) is 2. The molecule has 0 unspecified atom stereocenters. The largest absolute Gasteiger partial charge is 0.507 e. The van der Waals surface area contributed by atoms with Gasteiger partial charge in [-0.25, -0.2) is 57.5 Å². The average molecular weight is 1830 g/mol. The van der Waals surface area contributed by atoms with E-state index in [1.165, 1.54) is 141 Å². The van der Waals surface area contributed by atoms with Crippen molar-refractivity contribution in [1.29, 1.82) is 0 Å². The fourth-order valence-electron chi connectivity index (χ4n) is 13.4. The lowest BCUT2D eigenvalue weighted by Gasteiger charge is -2.24. The number of ketones is 2. The number of aromatic hydroxyl groups is 8. The summed E-state index contributed by atoms with van der Waals surface area (Å²) in [6.07, 6.45) is 0. The first-order chi connectivity index (χ1) is 62.4. The van der Waals surface area contributed by atoms with Gasteiger partial charge in [-0.2, -0.15) is 0 Å². The minimum absolute atomic E-state index is 0.0403. The van der Waals surface area contributed by atoms with Gasteiger partial charge in [-0.15, -0.1) is 0 Å². The van der Waals surface area contributed by atoms with Crippen LogP contribution in [0.4, 0.5) is 0 Å². The molecule has 0 bridgehead atoms. The van der Waals surface area contributed by atoms with Crippen LogP contribution in [0.1, 0.15) is 221 Å². The molecular formula is C100H84O34. The molecular weight excluding hydrogens is 1750 g/mol. The van der Waals surface area contributed by atoms with Crippen molar-refractivity contribution in [2.24, 2.45) is 0 Å². The molecule has 0 aromatic heterocycles. The lowest BCUT2D eigenvalue weighted by molar-refractivity contribution is 0.00532. The van der Waals surface area contributed by atoms with E-state index in [-0.39, 0.29) is 123 Å². The molecule has 0 spiro atoms. The summed E-state index contributed by atoms with van der Waals surface area (Å²) >= 11 is 0. The van der Waals surface area contributed by atoms with Crippen molar-refractivity contribution in [3.63, 3.8) is 0 Å². The van der Waals surface area contributed by atoms with Crippen molar-refractivity contribution < 1.29 is 168 Å². The van der Waals surface area contributed by atoms with Crippen molar-refractivity contribution in [3.05, 3.63) is 284 Å². The maximum Gasteiger partial charge on any atom is 0.339 e. The summed E-state index contributed by atoms with van der Waals surface area (Å²) in [7, 11) is 0. The molecule has 34 heteroatoms. The minimum atomic E-state index is -1.36. The van der Waals surface area contributed by atoms with Gasteiger partial charge in [-0.3, -0.25) is 9.59 Å². The van der Waals surface area contributed by atoms with Crippen molar-refractivity contribution in [2.75, 3.05) is 0 Å². The Morgan fingerprint density at radius 2 is 0.328 bits per heavy atom. The van der Waals surface area contributed by atoms with Gasteiger partial charge in [0.1, 0.15) is 107 Å². The van der Waals surface area contributed by atoms with E-state index in [4.69, 9.17) is 44.8 Å². The van der Waals surface area contributed by atoms with Crippen molar-refractivity contribution in [2.45, 2.75) is 93.0 Å². The third-order valence-corrected chi connectivity index (χ3v) is 19.6. The van der Waals surface area contributed by atoms with E-state index in [2.05, 4.69) is 0 Å². The summed E-state index contributed by atoms with van der Waals surface area (Å²) in [6, 6.07) is 45.5. The smallest absolute Gasteiger partial charge is 0.339 e. The number of esters is 3. The van der Waals surface area contributed by atoms with Gasteiger partial charge in [0, 0.05) is 11.1 Å². The van der Waals surface area contributed by atoms with Gasteiger partial charge in [0.25, 0.3) is 0 Å². The number of phenols is 8. The Balaban J connectivity index is 0.000000202. The lowest BCUT2D eigenvalue weighted by Crippen LogP contribution is -2.26. The third-order valence-electron chi connectivity index (χ3n) is 19.6. The van der Waals surface area contributed by atoms with Crippen LogP contribution in [0.25, 0.3) is 89.0 Å². The molecule has 0 aliphatic heterocycles. The Morgan fingerprint density at radius 3 is 0.545 bits per heavy atom. The minimum Gasteiger partial charge on any atom is -0.507 e. The number of carboxylic acid groups (broad SMARTS) is 9. The Hall–Kier alpha value is -18.0. The summed E-state index contributed by atoms with van der Waals surface area (Å²) in [6.45, 7) is 17.7. The topological polar surface area (TPSA) is 611 Å². The molecule has 12 aromatic rings. The first-order valence-corrected chi connectivity index (χ1v) is 39.6. The van der Waals surface area contributed by atoms with Gasteiger partial charge >= 0.3 is 71.6 Å². The predicted molar refractivity (Wildman–Crippen MR) is 481 cm³/mol. The highest BCUT2D eigenvalue weighted by atomic mass is 16.6. The number of carbonyl (C=O) groups excluding carboxylic acids is 5. The molecule has 0 heterocycles. The van der Waals surface area contributed by atoms with Crippen molar-refractivity contribution in [3.8, 4) is 135 Å². The van der Waals surface area contributed by atoms with Crippen LogP contribution >= 0.6 is 0 Å². The fraction of sp³-hybridized carbons (Fsp3) is 0.140. The van der Waals surface area contributed by atoms with Crippen LogP contribution in [0.5, 0.6) is 46.0 Å². The van der Waals surface area contributed by atoms with E-state index in [1.807, 2.05) is 0 Å². The Labute approximate surface area is 759 Å². The quantitative estimate of drug-likeness (QED) is 0.0170. The molecule has 0 atom stereocenters. The van der Waals surface area contributed by atoms with Gasteiger partial charge in [0.2, 0.25) is 0 Å². The van der Waals surface area contributed by atoms with E-state index in [9.17, 15) is 123 Å². The fourth-order valence-corrected chi connectivity index (χ4v) is 13.4. The van der Waals surface area contributed by atoms with E-state index < -0.39 is 140 Å². The summed E-state index contributed by atoms with van der Waals surface area (Å²) in [5, 5.41) is 164. The number of rotatable bonds is 22. The van der Waals surface area contributed by atoms with Gasteiger partial charge < -0.3 is 101 Å². The normalized spacial score (nSPS) is 11.0. The molecule has 0 radical (unpaired) electrons. The highest BCUT2D eigenvalue weighted by Gasteiger charge is 2.32. The molecule has 0 fully saturated rings. The monoisotopic (exact) mass is 1830 g/mol. The lowest BCUT2D eigenvalue weighted by atomic mass is 9.88. The van der Waals surface area contributed by atoms with Crippen LogP contribution in [0, 0.1) is 0 Å². The average Bonchev–Trinajstić information content (AvgIpc) is 0.766. The maximum atomic E-state index is 13.4. The van der Waals surface area contributed by atoms with Gasteiger partial charge in [0.05, 0.1) is 22.3 Å². The number of benzene rings is 12. The van der Waals surface area contributed by atoms with E-state index in [0.717, 1.165) is 48.5 Å². The second-order valence-corrected chi connectivity index (χ2v) is 32.6. The Bertz CT molecular complexity index is 6670. The van der Waals surface area contributed by atoms with Gasteiger partial charge in [-0.1, -0.05) is 72.8 Å². The first kappa shape index (κ1) is 99.8. The molecule has 12 rings (SSSR count). The predicted octanol–water partition coefficient (Wildman–Crippen LogP) is 18.3. The van der Waals surface area contributed by atoms with Gasteiger partial charge in [0.15, 0.2) is 11.6 Å². The SMILES string of the molecule is CC(=O)c1cc(-c2ccc(C(=O)O)c(O)c2)c(C(=O)O)cc1-c1ccc(C(=O)O)c(O)c1.CC(=O)c1cc(-c2ccc(C(=O)O)c(O)c2)ccc1-c1ccc(C(=O)O)c(O)c1.CC(C)(C)OC(=O)c1cc(-c2ccc(C(=O)O)c(O)c2)c(C(=O)OC(C)(C)C)cc1-c1ccc(C(=O)O)c(O)c1.CC(C)(C)OC(=O)c1cc(-c2ccc(C(=O)O)c(O)c2)ccc1-c1ccc(C(=O)O)c(O)c1. The molecule has 0 amide bonds. The number of ether oxygens (including phenoxy) is 3. The summed E-state index contributed by atoms with van der Waals surface area (Å²) in [5.74, 6) is -18.7. The molecule has 12 aromatic carbocycles. The van der Waals surface area contributed by atoms with Crippen LogP contribution in [0.2, 0.25) is 0 Å². The second kappa shape index (κ2) is 40.1. The zero-order valence-corrected chi connectivity index (χ0v) is 72.7. The van der Waals surface area contributed by atoms with Crippen LogP contribution in [-0.4, -0.2) is 187 Å². The Kier molecular flexibility index (Phi) is 29.9. The van der Waals surface area contributed by atoms with E-state index in [1.54, 1.807) is 92.6 Å². The zero-order valence-electron chi connectivity index (χ0n) is 72.7. The standard InChI is InChI=1S/C30H30O10.C25H22O8.C23H16O9.C22H16O7/c1-29(2,3)39-27(37)21-13-20(16-8-10-18(26(35)36)24(32)12-16)22(28(38)40-30(4,5)6)14-19(21)15-7-9-17(25(33)34)23(31)11-15;1-25(2,3)33-24(32)19-10-13(14-5-8-17(22(28)29)20(26)11-14)4-7-16(19)15-6-9-18(23(30)31)21(27)12-15;1-10(24)15-8-17(12-3-5-14(22(29)30)20(26)7-12)18(23(31)32)9-16(15)11-2-4-13(21(27)28)19(25)6-11;1-11(23)18-8-12(13-3-6-16(21(26)27)19(24)9-13)2-5-15(18)14-4-7-17(22(28)29)20(25)10-14/h7-14,31-32H,1-6H3,(H,33,34)(H,35,36);4-12,26-27H,1-3H3,(H,28,29)(H,30,31);2-9,25-26H,1H3,(H,27,28)(H,29,30)(H,31,32);2-10,24-25H,1H3,(H,26,27)(H,28,29). The highest BCUT2D eigenvalue weighted by molar-refractivity contribution is 6.10. The number of aromatic carboxylic acids is 9. The van der Waals surface area contributed by atoms with Crippen LogP contribution in [-0.2, 0) is 14.2 Å². The molecule has 0 saturated carbocycles. The molecule has 34 nitrogen and oxygen atoms in total. The molecule has 17 N–H and O–H groups in total. The third kappa shape index (κ3) is 23.9. The number of hydrogen-bond donors (Lipinski definition) is 17. The number of carboxylic acids is 9. The van der Waals surface area contributed by atoms with Crippen LogP contribution in [0.3, 0.4) is 0 Å². The number of carbonyl (C=O) groups is 14. The summed E-state index contributed by atoms with van der Waals surface area (Å²) < 4.78 is 16.7. The molecule has 688 valence electrons. The molecule has 0 saturated heterocycles. The van der Waals surface area contributed by atoms with E-state index >= 15 is 0 Å². The molecule has 134 heavy (non-hydrogen) atoms. The molecule has 0 aliphatic carbocycles. The van der Waals surface area contributed by atoms with Crippen LogP contribution in [0.15, 0.2) is 206 Å². The van der Waals surface area contributed by atoms with Crippen LogP contribution < -0.4 is 0 Å².